The molecular formula is C10H15N3O3S. The number of hydrogen-bond acceptors (Lipinski definition) is 5. The first-order valence-electron chi connectivity index (χ1n) is 5.36. The van der Waals surface area contributed by atoms with Crippen LogP contribution in [0.4, 0.5) is 0 Å². The lowest BCUT2D eigenvalue weighted by atomic mass is 10.3. The fourth-order valence-corrected chi connectivity index (χ4v) is 3.12. The van der Waals surface area contributed by atoms with Crippen LogP contribution in [0.25, 0.3) is 0 Å². The molecule has 7 heteroatoms. The van der Waals surface area contributed by atoms with Gasteiger partial charge in [-0.1, -0.05) is 0 Å². The summed E-state index contributed by atoms with van der Waals surface area (Å²) in [5.74, 6) is 0. The molecule has 0 bridgehead atoms. The summed E-state index contributed by atoms with van der Waals surface area (Å²) in [6.45, 7) is 1.35. The molecule has 0 saturated carbocycles. The van der Waals surface area contributed by atoms with Gasteiger partial charge in [0.2, 0.25) is 10.0 Å². The van der Waals surface area contributed by atoms with Crippen molar-refractivity contribution in [1.29, 1.82) is 0 Å². The topological polar surface area (TPSA) is 85.5 Å². The number of sulfonamides is 1. The number of rotatable bonds is 3. The van der Waals surface area contributed by atoms with Crippen molar-refractivity contribution in [3.05, 3.63) is 24.5 Å². The fourth-order valence-electron chi connectivity index (χ4n) is 1.70. The van der Waals surface area contributed by atoms with Gasteiger partial charge >= 0.3 is 0 Å². The van der Waals surface area contributed by atoms with E-state index in [-0.39, 0.29) is 11.0 Å². The van der Waals surface area contributed by atoms with Crippen LogP contribution in [-0.4, -0.2) is 50.1 Å². The Morgan fingerprint density at radius 3 is 3.06 bits per heavy atom. The number of hydrogen-bond donors (Lipinski definition) is 1. The summed E-state index contributed by atoms with van der Waals surface area (Å²) in [6.07, 6.45) is 2.67. The quantitative estimate of drug-likeness (QED) is 0.783. The molecule has 0 amide bonds. The summed E-state index contributed by atoms with van der Waals surface area (Å²) in [7, 11) is -3.47. The predicted molar refractivity (Wildman–Crippen MR) is 61.8 cm³/mol. The first kappa shape index (κ1) is 12.4. The molecule has 1 saturated heterocycles. The highest BCUT2D eigenvalue weighted by atomic mass is 32.2. The molecule has 2 rings (SSSR count). The molecule has 94 valence electrons. The van der Waals surface area contributed by atoms with E-state index < -0.39 is 10.0 Å². The van der Waals surface area contributed by atoms with Crippen LogP contribution in [0, 0.1) is 0 Å². The van der Waals surface area contributed by atoms with Crippen molar-refractivity contribution in [2.75, 3.05) is 26.2 Å². The fraction of sp³-hybridized carbons (Fsp3) is 0.500. The molecule has 1 unspecified atom stereocenters. The van der Waals surface area contributed by atoms with Crippen molar-refractivity contribution in [2.24, 2.45) is 5.73 Å². The van der Waals surface area contributed by atoms with Gasteiger partial charge in [-0.3, -0.25) is 4.98 Å². The van der Waals surface area contributed by atoms with E-state index in [0.717, 1.165) is 0 Å². The van der Waals surface area contributed by atoms with Crippen molar-refractivity contribution in [1.82, 2.24) is 9.29 Å². The average molecular weight is 257 g/mol. The van der Waals surface area contributed by atoms with E-state index in [2.05, 4.69) is 4.98 Å². The number of nitrogens with zero attached hydrogens (tertiary/aromatic N) is 2. The largest absolute Gasteiger partial charge is 0.374 e. The van der Waals surface area contributed by atoms with Crippen LogP contribution in [-0.2, 0) is 14.8 Å². The molecule has 1 aliphatic rings. The highest BCUT2D eigenvalue weighted by Gasteiger charge is 2.30. The van der Waals surface area contributed by atoms with E-state index in [1.54, 1.807) is 12.3 Å². The summed E-state index contributed by atoms with van der Waals surface area (Å²) in [5.41, 5.74) is 5.49. The zero-order chi connectivity index (χ0) is 12.3. The third-order valence-corrected chi connectivity index (χ3v) is 4.49. The van der Waals surface area contributed by atoms with Crippen LogP contribution in [0.5, 0.6) is 0 Å². The van der Waals surface area contributed by atoms with E-state index in [0.29, 0.717) is 26.2 Å². The SMILES string of the molecule is NCC1CN(S(=O)(=O)c2cccnc2)CCO1. The van der Waals surface area contributed by atoms with Gasteiger partial charge in [-0.05, 0) is 12.1 Å². The van der Waals surface area contributed by atoms with Crippen LogP contribution < -0.4 is 5.73 Å². The molecule has 0 spiro atoms. The predicted octanol–water partition coefficient (Wildman–Crippen LogP) is -0.570. The molecule has 1 aromatic rings. The Balaban J connectivity index is 2.21. The van der Waals surface area contributed by atoms with Crippen LogP contribution in [0.15, 0.2) is 29.4 Å². The molecule has 2 N–H and O–H groups in total. The molecule has 1 fully saturated rings. The third kappa shape index (κ3) is 2.63. The highest BCUT2D eigenvalue weighted by molar-refractivity contribution is 7.89. The lowest BCUT2D eigenvalue weighted by Crippen LogP contribution is -2.48. The van der Waals surface area contributed by atoms with Crippen molar-refractivity contribution in [3.63, 3.8) is 0 Å². The molecule has 2 heterocycles. The molecule has 0 aliphatic carbocycles. The summed E-state index contributed by atoms with van der Waals surface area (Å²) >= 11 is 0. The van der Waals surface area contributed by atoms with E-state index >= 15 is 0 Å². The Labute approximate surface area is 100 Å². The van der Waals surface area contributed by atoms with E-state index in [1.807, 2.05) is 0 Å². The molecule has 1 aliphatic heterocycles. The average Bonchev–Trinajstić information content (AvgIpc) is 2.40. The Hall–Kier alpha value is -1.02. The molecular weight excluding hydrogens is 242 g/mol. The molecule has 17 heavy (non-hydrogen) atoms. The first-order chi connectivity index (χ1) is 8.14. The maximum absolute atomic E-state index is 12.2. The second-order valence-electron chi connectivity index (χ2n) is 3.78. The maximum atomic E-state index is 12.2. The summed E-state index contributed by atoms with van der Waals surface area (Å²) in [5, 5.41) is 0. The number of ether oxygens (including phenoxy) is 1. The zero-order valence-corrected chi connectivity index (χ0v) is 10.1. The highest BCUT2D eigenvalue weighted by Crippen LogP contribution is 2.17. The maximum Gasteiger partial charge on any atom is 0.244 e. The second-order valence-corrected chi connectivity index (χ2v) is 5.72. The Morgan fingerprint density at radius 2 is 2.41 bits per heavy atom. The van der Waals surface area contributed by atoms with Gasteiger partial charge in [0, 0.05) is 32.0 Å². The van der Waals surface area contributed by atoms with E-state index in [9.17, 15) is 8.42 Å². The van der Waals surface area contributed by atoms with Gasteiger partial charge in [0.25, 0.3) is 0 Å². The van der Waals surface area contributed by atoms with Gasteiger partial charge in [-0.25, -0.2) is 8.42 Å². The van der Waals surface area contributed by atoms with Crippen molar-refractivity contribution < 1.29 is 13.2 Å². The van der Waals surface area contributed by atoms with Crippen LogP contribution >= 0.6 is 0 Å². The van der Waals surface area contributed by atoms with Gasteiger partial charge in [0.1, 0.15) is 4.90 Å². The van der Waals surface area contributed by atoms with Gasteiger partial charge in [0.05, 0.1) is 12.7 Å². The molecule has 0 radical (unpaired) electrons. The summed E-state index contributed by atoms with van der Waals surface area (Å²) in [6, 6.07) is 3.14. The molecule has 1 aromatic heterocycles. The van der Waals surface area contributed by atoms with E-state index in [4.69, 9.17) is 10.5 Å². The molecule has 1 atom stereocenters. The lowest BCUT2D eigenvalue weighted by molar-refractivity contribution is 0.00450. The summed E-state index contributed by atoms with van der Waals surface area (Å²) in [4.78, 5) is 4.03. The Kier molecular flexibility index (Phi) is 3.72. The molecule has 0 aromatic carbocycles. The van der Waals surface area contributed by atoms with Crippen molar-refractivity contribution in [3.8, 4) is 0 Å². The minimum absolute atomic E-state index is 0.206. The zero-order valence-electron chi connectivity index (χ0n) is 9.32. The summed E-state index contributed by atoms with van der Waals surface area (Å²) < 4.78 is 31.2. The third-order valence-electron chi connectivity index (χ3n) is 2.64. The Morgan fingerprint density at radius 1 is 1.59 bits per heavy atom. The van der Waals surface area contributed by atoms with Crippen molar-refractivity contribution in [2.45, 2.75) is 11.0 Å². The number of nitrogens with two attached hydrogens (primary N) is 1. The monoisotopic (exact) mass is 257 g/mol. The Bertz CT molecular complexity index is 463. The minimum atomic E-state index is -3.47. The normalized spacial score (nSPS) is 22.5. The van der Waals surface area contributed by atoms with Crippen LogP contribution in [0.1, 0.15) is 0 Å². The first-order valence-corrected chi connectivity index (χ1v) is 6.80. The van der Waals surface area contributed by atoms with Gasteiger partial charge < -0.3 is 10.5 Å². The van der Waals surface area contributed by atoms with Gasteiger partial charge in [-0.2, -0.15) is 4.31 Å². The number of morpholine rings is 1. The van der Waals surface area contributed by atoms with Crippen LogP contribution in [0.2, 0.25) is 0 Å². The second kappa shape index (κ2) is 5.09. The number of aromatic nitrogens is 1. The van der Waals surface area contributed by atoms with Gasteiger partial charge in [-0.15, -0.1) is 0 Å². The van der Waals surface area contributed by atoms with Crippen molar-refractivity contribution >= 4 is 10.0 Å². The van der Waals surface area contributed by atoms with Gasteiger partial charge in [0.15, 0.2) is 0 Å². The number of pyridine rings is 1. The van der Waals surface area contributed by atoms with Crippen LogP contribution in [0.3, 0.4) is 0 Å². The molecule has 6 nitrogen and oxygen atoms in total. The lowest BCUT2D eigenvalue weighted by Gasteiger charge is -2.31. The smallest absolute Gasteiger partial charge is 0.244 e. The van der Waals surface area contributed by atoms with E-state index in [1.165, 1.54) is 16.6 Å². The standard InChI is InChI=1S/C10H15N3O3S/c11-6-9-8-13(4-5-16-9)17(14,15)10-2-1-3-12-7-10/h1-3,7,9H,4-6,8,11H2. The minimum Gasteiger partial charge on any atom is -0.374 e.